The number of quaternary nitrogens is 1. The van der Waals surface area contributed by atoms with Crippen LogP contribution in [0.25, 0.3) is 0 Å². The zero-order valence-corrected chi connectivity index (χ0v) is 17.2. The molecule has 0 radical (unpaired) electrons. The molecule has 0 bridgehead atoms. The summed E-state index contributed by atoms with van der Waals surface area (Å²) in [5, 5.41) is 2.85. The van der Waals surface area contributed by atoms with Crippen LogP contribution in [0.5, 0.6) is 0 Å². The van der Waals surface area contributed by atoms with Gasteiger partial charge in [0.2, 0.25) is 5.91 Å². The highest BCUT2D eigenvalue weighted by Crippen LogP contribution is 2.35. The predicted octanol–water partition coefficient (Wildman–Crippen LogP) is 0.748. The number of nitrogens with two attached hydrogens (primary N) is 1. The highest BCUT2D eigenvalue weighted by Gasteiger charge is 2.30. The van der Waals surface area contributed by atoms with E-state index in [0.29, 0.717) is 39.3 Å². The van der Waals surface area contributed by atoms with Crippen molar-refractivity contribution in [1.29, 1.82) is 0 Å². The number of carbonyl (C=O) groups excluding carboxylic acids is 1. The van der Waals surface area contributed by atoms with Crippen molar-refractivity contribution in [2.45, 2.75) is 44.9 Å². The summed E-state index contributed by atoms with van der Waals surface area (Å²) in [5.74, 6) is 0.0461. The first-order valence-electron chi connectivity index (χ1n) is 9.97. The quantitative estimate of drug-likeness (QED) is 0.178. The van der Waals surface area contributed by atoms with Crippen molar-refractivity contribution in [1.82, 2.24) is 5.32 Å². The van der Waals surface area contributed by atoms with Crippen LogP contribution in [-0.4, -0.2) is 79.3 Å². The molecule has 1 saturated heterocycles. The standard InChI is InChI=1S/C17H36N3O6P/c18-8-4-1-3-7-17(21)19-9-14-25-15-12-20(10-5-2-6-11-20)13-16-26-27(22,23)24/h1-16,18H2,(H2-,19,21,22,23,24)/p+1. The van der Waals surface area contributed by atoms with Crippen LogP contribution in [0.2, 0.25) is 0 Å². The fourth-order valence-corrected chi connectivity index (χ4v) is 3.73. The van der Waals surface area contributed by atoms with Crippen LogP contribution in [0.3, 0.4) is 0 Å². The Morgan fingerprint density at radius 1 is 1.04 bits per heavy atom. The molecule has 1 aliphatic heterocycles. The van der Waals surface area contributed by atoms with Gasteiger partial charge in [0.15, 0.2) is 0 Å². The summed E-state index contributed by atoms with van der Waals surface area (Å²) in [6.07, 6.45) is 6.73. The predicted molar refractivity (Wildman–Crippen MR) is 103 cm³/mol. The molecule has 27 heavy (non-hydrogen) atoms. The molecule has 1 fully saturated rings. The largest absolute Gasteiger partial charge is 0.469 e. The molecule has 1 heterocycles. The number of phosphoric acid groups is 1. The second-order valence-electron chi connectivity index (χ2n) is 7.18. The molecule has 160 valence electrons. The van der Waals surface area contributed by atoms with Gasteiger partial charge in [-0.3, -0.25) is 9.32 Å². The Morgan fingerprint density at radius 2 is 1.74 bits per heavy atom. The second-order valence-corrected chi connectivity index (χ2v) is 8.42. The number of rotatable bonds is 15. The van der Waals surface area contributed by atoms with E-state index in [0.717, 1.165) is 56.2 Å². The van der Waals surface area contributed by atoms with Crippen LogP contribution in [0.1, 0.15) is 44.9 Å². The molecule has 0 unspecified atom stereocenters. The number of likely N-dealkylation sites (tertiary alicyclic amines) is 1. The Labute approximate surface area is 162 Å². The molecular formula is C17H37N3O6P+. The molecule has 0 aromatic carbocycles. The van der Waals surface area contributed by atoms with Crippen molar-refractivity contribution < 1.29 is 32.9 Å². The zero-order valence-electron chi connectivity index (χ0n) is 16.3. The summed E-state index contributed by atoms with van der Waals surface area (Å²) in [4.78, 5) is 29.4. The van der Waals surface area contributed by atoms with Crippen LogP contribution in [0.15, 0.2) is 0 Å². The maximum atomic E-state index is 11.7. The van der Waals surface area contributed by atoms with E-state index in [-0.39, 0.29) is 12.5 Å². The Bertz CT molecular complexity index is 454. The highest BCUT2D eigenvalue weighted by molar-refractivity contribution is 7.46. The van der Waals surface area contributed by atoms with Gasteiger partial charge in [0, 0.05) is 13.0 Å². The molecule has 5 N–H and O–H groups in total. The lowest BCUT2D eigenvalue weighted by atomic mass is 10.1. The minimum Gasteiger partial charge on any atom is -0.374 e. The zero-order chi connectivity index (χ0) is 20.0. The highest BCUT2D eigenvalue weighted by atomic mass is 31.2. The van der Waals surface area contributed by atoms with Gasteiger partial charge in [-0.15, -0.1) is 0 Å². The number of phosphoric ester groups is 1. The first kappa shape index (κ1) is 24.5. The van der Waals surface area contributed by atoms with Gasteiger partial charge < -0.3 is 30.1 Å². The van der Waals surface area contributed by atoms with Crippen molar-refractivity contribution in [2.24, 2.45) is 5.73 Å². The molecule has 0 saturated carbocycles. The summed E-state index contributed by atoms with van der Waals surface area (Å²) < 4.78 is 21.9. The van der Waals surface area contributed by atoms with Gasteiger partial charge in [-0.25, -0.2) is 4.57 Å². The van der Waals surface area contributed by atoms with Gasteiger partial charge >= 0.3 is 7.82 Å². The number of hydrogen-bond acceptors (Lipinski definition) is 5. The number of unbranched alkanes of at least 4 members (excludes halogenated alkanes) is 2. The minimum absolute atomic E-state index is 0.0461. The number of amides is 1. The lowest BCUT2D eigenvalue weighted by Gasteiger charge is -2.41. The third-order valence-electron chi connectivity index (χ3n) is 4.98. The molecule has 0 spiro atoms. The SMILES string of the molecule is NCCCCCC(=O)NCCOCC[N+]1(CCOP(=O)(O)O)CCCCC1. The van der Waals surface area contributed by atoms with Crippen LogP contribution in [0, 0.1) is 0 Å². The number of carbonyl (C=O) groups is 1. The van der Waals surface area contributed by atoms with E-state index in [1.807, 2.05) is 0 Å². The summed E-state index contributed by atoms with van der Waals surface area (Å²) in [7, 11) is -4.41. The fraction of sp³-hybridized carbons (Fsp3) is 0.941. The van der Waals surface area contributed by atoms with Gasteiger partial charge in [-0.05, 0) is 38.6 Å². The third-order valence-corrected chi connectivity index (χ3v) is 5.50. The van der Waals surface area contributed by atoms with Gasteiger partial charge in [0.1, 0.15) is 19.7 Å². The molecule has 0 aliphatic carbocycles. The van der Waals surface area contributed by atoms with Crippen LogP contribution < -0.4 is 11.1 Å². The van der Waals surface area contributed by atoms with Crippen molar-refractivity contribution >= 4 is 13.7 Å². The summed E-state index contributed by atoms with van der Waals surface area (Å²) in [5.41, 5.74) is 5.42. The first-order valence-corrected chi connectivity index (χ1v) is 11.5. The number of nitrogens with one attached hydrogen (secondary N) is 1. The maximum Gasteiger partial charge on any atom is 0.469 e. The fourth-order valence-electron chi connectivity index (χ4n) is 3.41. The lowest BCUT2D eigenvalue weighted by Crippen LogP contribution is -2.54. The van der Waals surface area contributed by atoms with Crippen molar-refractivity contribution in [2.75, 3.05) is 59.1 Å². The van der Waals surface area contributed by atoms with Gasteiger partial charge in [-0.2, -0.15) is 0 Å². The Kier molecular flexibility index (Phi) is 12.3. The molecule has 1 amide bonds. The average molecular weight is 410 g/mol. The topological polar surface area (TPSA) is 131 Å². The van der Waals surface area contributed by atoms with Crippen LogP contribution >= 0.6 is 7.82 Å². The van der Waals surface area contributed by atoms with E-state index >= 15 is 0 Å². The molecule has 0 atom stereocenters. The van der Waals surface area contributed by atoms with E-state index in [4.69, 9.17) is 20.3 Å². The summed E-state index contributed by atoms with van der Waals surface area (Å²) in [6, 6.07) is 0. The molecule has 0 aromatic heterocycles. The van der Waals surface area contributed by atoms with E-state index in [9.17, 15) is 9.36 Å². The Morgan fingerprint density at radius 3 is 2.41 bits per heavy atom. The van der Waals surface area contributed by atoms with E-state index in [1.165, 1.54) is 6.42 Å². The number of piperidine rings is 1. The number of nitrogens with zero attached hydrogens (tertiary/aromatic N) is 1. The molecule has 9 nitrogen and oxygen atoms in total. The molecule has 1 rings (SSSR count). The van der Waals surface area contributed by atoms with Crippen molar-refractivity contribution in [3.63, 3.8) is 0 Å². The molecule has 0 aromatic rings. The molecular weight excluding hydrogens is 373 g/mol. The van der Waals surface area contributed by atoms with Gasteiger partial charge in [-0.1, -0.05) is 6.42 Å². The first-order chi connectivity index (χ1) is 12.9. The smallest absolute Gasteiger partial charge is 0.374 e. The number of hydrogen-bond donors (Lipinski definition) is 4. The second kappa shape index (κ2) is 13.6. The third kappa shape index (κ3) is 12.5. The monoisotopic (exact) mass is 410 g/mol. The van der Waals surface area contributed by atoms with Crippen LogP contribution in [0.4, 0.5) is 0 Å². The lowest BCUT2D eigenvalue weighted by molar-refractivity contribution is -0.932. The van der Waals surface area contributed by atoms with Crippen LogP contribution in [-0.2, 0) is 18.6 Å². The Hall–Kier alpha value is -0.540. The molecule has 10 heteroatoms. The minimum atomic E-state index is -4.41. The summed E-state index contributed by atoms with van der Waals surface area (Å²) >= 11 is 0. The van der Waals surface area contributed by atoms with Gasteiger partial charge in [0.05, 0.1) is 26.3 Å². The number of ether oxygens (including phenoxy) is 1. The summed E-state index contributed by atoms with van der Waals surface area (Å²) in [6.45, 7) is 5.56. The van der Waals surface area contributed by atoms with Crippen molar-refractivity contribution in [3.05, 3.63) is 0 Å². The Balaban J connectivity index is 2.16. The maximum absolute atomic E-state index is 11.7. The van der Waals surface area contributed by atoms with Crippen molar-refractivity contribution in [3.8, 4) is 0 Å². The normalized spacial score (nSPS) is 17.0. The van der Waals surface area contributed by atoms with E-state index < -0.39 is 7.82 Å². The average Bonchev–Trinajstić information content (AvgIpc) is 2.61. The van der Waals surface area contributed by atoms with Gasteiger partial charge in [0.25, 0.3) is 0 Å². The molecule has 1 aliphatic rings. The van der Waals surface area contributed by atoms with E-state index in [1.54, 1.807) is 0 Å². The van der Waals surface area contributed by atoms with E-state index in [2.05, 4.69) is 9.84 Å².